The maximum atomic E-state index is 11.4. The maximum absolute atomic E-state index is 11.4. The number of nitrogens with one attached hydrogen (secondary N) is 1. The normalized spacial score (nSPS) is 10.6. The van der Waals surface area contributed by atoms with Gasteiger partial charge in [0.2, 0.25) is 0 Å². The van der Waals surface area contributed by atoms with Crippen LogP contribution in [0.25, 0.3) is 11.0 Å². The highest BCUT2D eigenvalue weighted by molar-refractivity contribution is 5.86. The van der Waals surface area contributed by atoms with E-state index in [0.717, 1.165) is 18.5 Å². The van der Waals surface area contributed by atoms with Crippen LogP contribution in [-0.2, 0) is 0 Å². The van der Waals surface area contributed by atoms with Crippen LogP contribution in [-0.4, -0.2) is 28.0 Å². The number of pyridine rings is 1. The standard InChI is InChI=1S/C11H14N4O/c1-3-15(4-2)10-8-6-5-7-12-9(8)13-11(16)14-10/h5-7H,3-4H2,1-2H3,(H,12,13,14,16). The van der Waals surface area contributed by atoms with Crippen LogP contribution >= 0.6 is 0 Å². The van der Waals surface area contributed by atoms with Crippen LogP contribution in [0.15, 0.2) is 23.1 Å². The van der Waals surface area contributed by atoms with E-state index in [4.69, 9.17) is 0 Å². The van der Waals surface area contributed by atoms with Crippen LogP contribution in [0.2, 0.25) is 0 Å². The van der Waals surface area contributed by atoms with E-state index in [1.807, 2.05) is 30.9 Å². The lowest BCUT2D eigenvalue weighted by Crippen LogP contribution is -2.26. The number of aromatic nitrogens is 3. The first-order chi connectivity index (χ1) is 7.76. The molecule has 5 heteroatoms. The molecule has 0 aliphatic carbocycles. The Kier molecular flexibility index (Phi) is 2.85. The molecule has 0 amide bonds. The van der Waals surface area contributed by atoms with Gasteiger partial charge < -0.3 is 4.90 Å². The molecule has 0 bridgehead atoms. The smallest absolute Gasteiger partial charge is 0.348 e. The van der Waals surface area contributed by atoms with Crippen LogP contribution in [0, 0.1) is 0 Å². The van der Waals surface area contributed by atoms with Crippen molar-refractivity contribution >= 4 is 16.9 Å². The molecule has 2 aromatic heterocycles. The Morgan fingerprint density at radius 2 is 2.12 bits per heavy atom. The predicted octanol–water partition coefficient (Wildman–Crippen LogP) is 1.16. The minimum Gasteiger partial charge on any atom is -0.356 e. The number of anilines is 1. The molecule has 1 N–H and O–H groups in total. The van der Waals surface area contributed by atoms with Crippen molar-refractivity contribution < 1.29 is 0 Å². The quantitative estimate of drug-likeness (QED) is 0.839. The average Bonchev–Trinajstić information content (AvgIpc) is 2.30. The van der Waals surface area contributed by atoms with Gasteiger partial charge in [-0.2, -0.15) is 4.98 Å². The molecule has 0 unspecified atom stereocenters. The van der Waals surface area contributed by atoms with E-state index in [9.17, 15) is 4.79 Å². The van der Waals surface area contributed by atoms with Gasteiger partial charge in [-0.25, -0.2) is 9.78 Å². The fraction of sp³-hybridized carbons (Fsp3) is 0.364. The summed E-state index contributed by atoms with van der Waals surface area (Å²) < 4.78 is 0. The van der Waals surface area contributed by atoms with Crippen molar-refractivity contribution in [3.63, 3.8) is 0 Å². The van der Waals surface area contributed by atoms with Crippen LogP contribution in [0.3, 0.4) is 0 Å². The topological polar surface area (TPSA) is 61.9 Å². The van der Waals surface area contributed by atoms with E-state index >= 15 is 0 Å². The van der Waals surface area contributed by atoms with Gasteiger partial charge in [-0.1, -0.05) is 0 Å². The maximum Gasteiger partial charge on any atom is 0.348 e. The molecule has 2 rings (SSSR count). The second kappa shape index (κ2) is 4.30. The summed E-state index contributed by atoms with van der Waals surface area (Å²) in [6.07, 6.45) is 1.66. The van der Waals surface area contributed by atoms with Crippen LogP contribution in [0.1, 0.15) is 13.8 Å². The van der Waals surface area contributed by atoms with Crippen LogP contribution < -0.4 is 10.6 Å². The third-order valence-electron chi connectivity index (χ3n) is 2.54. The van der Waals surface area contributed by atoms with Crippen molar-refractivity contribution in [2.75, 3.05) is 18.0 Å². The minimum atomic E-state index is -0.354. The highest BCUT2D eigenvalue weighted by Gasteiger charge is 2.10. The fourth-order valence-electron chi connectivity index (χ4n) is 1.74. The third-order valence-corrected chi connectivity index (χ3v) is 2.54. The Bertz CT molecular complexity index is 545. The van der Waals surface area contributed by atoms with Gasteiger partial charge in [-0.15, -0.1) is 0 Å². The Hall–Kier alpha value is -1.91. The van der Waals surface area contributed by atoms with Crippen molar-refractivity contribution in [3.05, 3.63) is 28.8 Å². The van der Waals surface area contributed by atoms with Gasteiger partial charge in [0, 0.05) is 19.3 Å². The number of H-pyrrole nitrogens is 1. The zero-order valence-corrected chi connectivity index (χ0v) is 9.40. The van der Waals surface area contributed by atoms with Crippen LogP contribution in [0.4, 0.5) is 5.82 Å². The molecule has 0 spiro atoms. The monoisotopic (exact) mass is 218 g/mol. The molecular weight excluding hydrogens is 204 g/mol. The molecule has 16 heavy (non-hydrogen) atoms. The van der Waals surface area contributed by atoms with E-state index in [-0.39, 0.29) is 5.69 Å². The van der Waals surface area contributed by atoms with Gasteiger partial charge in [0.1, 0.15) is 11.5 Å². The SMILES string of the molecule is CCN(CC)c1nc(=O)[nH]c2ncccc12. The first kappa shape index (κ1) is 10.6. The summed E-state index contributed by atoms with van der Waals surface area (Å²) in [4.78, 5) is 24.2. The molecule has 0 atom stereocenters. The zero-order chi connectivity index (χ0) is 11.5. The summed E-state index contributed by atoms with van der Waals surface area (Å²) in [6.45, 7) is 5.71. The third kappa shape index (κ3) is 1.76. The summed E-state index contributed by atoms with van der Waals surface area (Å²) in [5, 5.41) is 0.880. The lowest BCUT2D eigenvalue weighted by Gasteiger charge is -2.20. The molecule has 0 radical (unpaired) electrons. The molecular formula is C11H14N4O. The van der Waals surface area contributed by atoms with Gasteiger partial charge in [0.15, 0.2) is 0 Å². The first-order valence-electron chi connectivity index (χ1n) is 5.36. The summed E-state index contributed by atoms with van der Waals surface area (Å²) >= 11 is 0. The molecule has 2 aromatic rings. The number of hydrogen-bond acceptors (Lipinski definition) is 4. The lowest BCUT2D eigenvalue weighted by molar-refractivity contribution is 0.842. The molecule has 5 nitrogen and oxygen atoms in total. The summed E-state index contributed by atoms with van der Waals surface area (Å²) in [5.74, 6) is 0.705. The van der Waals surface area contributed by atoms with Gasteiger partial charge in [-0.05, 0) is 26.0 Å². The van der Waals surface area contributed by atoms with E-state index < -0.39 is 0 Å². The van der Waals surface area contributed by atoms with Crippen LogP contribution in [0.5, 0.6) is 0 Å². The van der Waals surface area contributed by atoms with Crippen molar-refractivity contribution in [3.8, 4) is 0 Å². The molecule has 84 valence electrons. The zero-order valence-electron chi connectivity index (χ0n) is 9.40. The number of aromatic amines is 1. The van der Waals surface area contributed by atoms with E-state index in [0.29, 0.717) is 11.5 Å². The van der Waals surface area contributed by atoms with Gasteiger partial charge in [0.25, 0.3) is 0 Å². The molecule has 0 saturated heterocycles. The Morgan fingerprint density at radius 3 is 2.81 bits per heavy atom. The molecule has 0 aliphatic rings. The summed E-state index contributed by atoms with van der Waals surface area (Å²) in [6, 6.07) is 3.76. The van der Waals surface area contributed by atoms with Crippen molar-refractivity contribution in [1.82, 2.24) is 15.0 Å². The highest BCUT2D eigenvalue weighted by Crippen LogP contribution is 2.19. The second-order valence-electron chi connectivity index (χ2n) is 3.44. The van der Waals surface area contributed by atoms with Gasteiger partial charge in [-0.3, -0.25) is 4.98 Å². The van der Waals surface area contributed by atoms with Crippen molar-refractivity contribution in [2.45, 2.75) is 13.8 Å². The molecule has 2 heterocycles. The number of fused-ring (bicyclic) bond motifs is 1. The van der Waals surface area contributed by atoms with Crippen molar-refractivity contribution in [1.29, 1.82) is 0 Å². The molecule has 0 aromatic carbocycles. The Labute approximate surface area is 93.2 Å². The first-order valence-corrected chi connectivity index (χ1v) is 5.36. The molecule has 0 fully saturated rings. The second-order valence-corrected chi connectivity index (χ2v) is 3.44. The number of nitrogens with zero attached hydrogens (tertiary/aromatic N) is 3. The van der Waals surface area contributed by atoms with Gasteiger partial charge >= 0.3 is 5.69 Å². The molecule has 0 saturated carbocycles. The summed E-state index contributed by atoms with van der Waals surface area (Å²) in [5.41, 5.74) is 0.234. The number of rotatable bonds is 3. The average molecular weight is 218 g/mol. The predicted molar refractivity (Wildman–Crippen MR) is 63.7 cm³/mol. The van der Waals surface area contributed by atoms with E-state index in [1.54, 1.807) is 6.20 Å². The van der Waals surface area contributed by atoms with Crippen molar-refractivity contribution in [2.24, 2.45) is 0 Å². The minimum absolute atomic E-state index is 0.354. The lowest BCUT2D eigenvalue weighted by atomic mass is 10.3. The van der Waals surface area contributed by atoms with Gasteiger partial charge in [0.05, 0.1) is 5.39 Å². The number of hydrogen-bond donors (Lipinski definition) is 1. The fourth-order valence-corrected chi connectivity index (χ4v) is 1.74. The van der Waals surface area contributed by atoms with E-state index in [1.165, 1.54) is 0 Å². The highest BCUT2D eigenvalue weighted by atomic mass is 16.1. The summed E-state index contributed by atoms with van der Waals surface area (Å²) in [7, 11) is 0. The largest absolute Gasteiger partial charge is 0.356 e. The Balaban J connectivity index is 2.71. The Morgan fingerprint density at radius 1 is 1.38 bits per heavy atom. The molecule has 0 aliphatic heterocycles. The van der Waals surface area contributed by atoms with E-state index in [2.05, 4.69) is 15.0 Å².